The molecule has 7 heteroatoms. The molecule has 1 fully saturated rings. The molecule has 0 aliphatic carbocycles. The highest BCUT2D eigenvalue weighted by Crippen LogP contribution is 2.12. The maximum Gasteiger partial charge on any atom is 0.256 e. The summed E-state index contributed by atoms with van der Waals surface area (Å²) < 4.78 is 17.8. The van der Waals surface area contributed by atoms with Gasteiger partial charge in [-0.25, -0.2) is 4.39 Å². The number of carbonyl (C=O) groups excluding carboxylic acids is 1. The second-order valence-electron chi connectivity index (χ2n) is 4.35. The van der Waals surface area contributed by atoms with Gasteiger partial charge in [0, 0.05) is 19.1 Å². The number of hydrogen-bond donors (Lipinski definition) is 2. The fraction of sp³-hybridized carbons (Fsp3) is 0.636. The van der Waals surface area contributed by atoms with Gasteiger partial charge in [-0.15, -0.1) is 12.4 Å². The highest BCUT2D eigenvalue weighted by atomic mass is 35.5. The number of amides is 1. The summed E-state index contributed by atoms with van der Waals surface area (Å²) in [5.74, 6) is 0.285. The summed E-state index contributed by atoms with van der Waals surface area (Å²) in [5, 5.41) is 9.49. The minimum Gasteiger partial charge on any atom is -0.361 e. The molecule has 5 nitrogen and oxygen atoms in total. The van der Waals surface area contributed by atoms with Crippen LogP contribution in [0.5, 0.6) is 0 Å². The van der Waals surface area contributed by atoms with E-state index in [9.17, 15) is 9.18 Å². The largest absolute Gasteiger partial charge is 0.361 e. The first kappa shape index (κ1) is 14.9. The Hall–Kier alpha value is -1.14. The fourth-order valence-electron chi connectivity index (χ4n) is 2.04. The summed E-state index contributed by atoms with van der Waals surface area (Å²) in [6.07, 6.45) is -0.363. The van der Waals surface area contributed by atoms with E-state index in [1.165, 1.54) is 0 Å². The Bertz CT molecular complexity index is 405. The van der Waals surface area contributed by atoms with Crippen LogP contribution in [0.2, 0.25) is 0 Å². The van der Waals surface area contributed by atoms with Gasteiger partial charge in [-0.1, -0.05) is 5.16 Å². The number of halogens is 2. The Morgan fingerprint density at radius 3 is 2.83 bits per heavy atom. The van der Waals surface area contributed by atoms with Crippen LogP contribution in [0.15, 0.2) is 4.52 Å². The molecule has 2 N–H and O–H groups in total. The molecule has 0 saturated carbocycles. The van der Waals surface area contributed by atoms with Gasteiger partial charge in [-0.3, -0.25) is 4.79 Å². The zero-order valence-corrected chi connectivity index (χ0v) is 11.1. The third kappa shape index (κ3) is 3.20. The monoisotopic (exact) mass is 277 g/mol. The number of rotatable bonds is 3. The van der Waals surface area contributed by atoms with Gasteiger partial charge in [-0.2, -0.15) is 0 Å². The molecule has 0 unspecified atom stereocenters. The van der Waals surface area contributed by atoms with Crippen molar-refractivity contribution in [3.8, 4) is 0 Å². The van der Waals surface area contributed by atoms with Crippen LogP contribution in [0.25, 0.3) is 0 Å². The van der Waals surface area contributed by atoms with Gasteiger partial charge in [0.15, 0.2) is 0 Å². The normalized spacial score (nSPS) is 22.6. The number of hydrogen-bond acceptors (Lipinski definition) is 4. The van der Waals surface area contributed by atoms with Gasteiger partial charge in [0.2, 0.25) is 0 Å². The predicted octanol–water partition coefficient (Wildman–Crippen LogP) is 1.14. The Morgan fingerprint density at radius 1 is 1.61 bits per heavy atom. The van der Waals surface area contributed by atoms with Crippen LogP contribution in [0, 0.1) is 13.8 Å². The van der Waals surface area contributed by atoms with Crippen molar-refractivity contribution in [2.75, 3.05) is 13.1 Å². The van der Waals surface area contributed by atoms with Crippen molar-refractivity contribution >= 4 is 18.3 Å². The van der Waals surface area contributed by atoms with Gasteiger partial charge in [0.1, 0.15) is 17.5 Å². The lowest BCUT2D eigenvalue weighted by atomic mass is 10.1. The first-order valence-corrected chi connectivity index (χ1v) is 5.66. The van der Waals surface area contributed by atoms with Crippen molar-refractivity contribution in [3.05, 3.63) is 17.0 Å². The van der Waals surface area contributed by atoms with Crippen LogP contribution in [-0.4, -0.2) is 36.4 Å². The second-order valence-corrected chi connectivity index (χ2v) is 4.35. The molecule has 0 spiro atoms. The Morgan fingerprint density at radius 2 is 2.33 bits per heavy atom. The van der Waals surface area contributed by atoms with Crippen molar-refractivity contribution in [3.63, 3.8) is 0 Å². The number of aryl methyl sites for hydroxylation is 2. The standard InChI is InChI=1S/C11H16FN3O2.ClH/c1-6-10(7(2)17-15-6)11(16)14-5-9-3-8(12)4-13-9;/h8-9,13H,3-5H2,1-2H3,(H,14,16);1H/t8-,9-;/m0./s1. The zero-order valence-electron chi connectivity index (χ0n) is 10.3. The molecule has 0 bridgehead atoms. The third-order valence-electron chi connectivity index (χ3n) is 2.94. The smallest absolute Gasteiger partial charge is 0.256 e. The van der Waals surface area contributed by atoms with Gasteiger partial charge in [-0.05, 0) is 20.3 Å². The molecule has 0 aromatic carbocycles. The van der Waals surface area contributed by atoms with E-state index in [2.05, 4.69) is 15.8 Å². The van der Waals surface area contributed by atoms with E-state index in [-0.39, 0.29) is 24.4 Å². The summed E-state index contributed by atoms with van der Waals surface area (Å²) in [4.78, 5) is 11.9. The Labute approximate surface area is 111 Å². The Kier molecular flexibility index (Phi) is 5.10. The molecular formula is C11H17ClFN3O2. The Balaban J connectivity index is 0.00000162. The van der Waals surface area contributed by atoms with Crippen LogP contribution >= 0.6 is 12.4 Å². The topological polar surface area (TPSA) is 67.2 Å². The van der Waals surface area contributed by atoms with Crippen molar-refractivity contribution < 1.29 is 13.7 Å². The van der Waals surface area contributed by atoms with Crippen molar-refractivity contribution in [1.82, 2.24) is 15.8 Å². The van der Waals surface area contributed by atoms with Gasteiger partial charge in [0.25, 0.3) is 5.91 Å². The van der Waals surface area contributed by atoms with E-state index in [1.807, 2.05) is 0 Å². The van der Waals surface area contributed by atoms with Crippen LogP contribution in [0.1, 0.15) is 28.2 Å². The van der Waals surface area contributed by atoms with E-state index in [0.29, 0.717) is 36.5 Å². The molecule has 1 saturated heterocycles. The molecule has 2 atom stereocenters. The molecule has 1 aromatic heterocycles. The third-order valence-corrected chi connectivity index (χ3v) is 2.94. The van der Waals surface area contributed by atoms with Crippen LogP contribution in [-0.2, 0) is 0 Å². The maximum atomic E-state index is 12.9. The summed E-state index contributed by atoms with van der Waals surface area (Å²) in [7, 11) is 0. The summed E-state index contributed by atoms with van der Waals surface area (Å²) >= 11 is 0. The number of alkyl halides is 1. The molecule has 0 radical (unpaired) electrons. The fourth-order valence-corrected chi connectivity index (χ4v) is 2.04. The summed E-state index contributed by atoms with van der Waals surface area (Å²) in [6.45, 7) is 4.20. The van der Waals surface area contributed by atoms with Crippen LogP contribution in [0.3, 0.4) is 0 Å². The van der Waals surface area contributed by atoms with Crippen molar-refractivity contribution in [2.45, 2.75) is 32.5 Å². The van der Waals surface area contributed by atoms with E-state index in [1.54, 1.807) is 13.8 Å². The lowest BCUT2D eigenvalue weighted by molar-refractivity contribution is 0.0948. The number of aromatic nitrogens is 1. The van der Waals surface area contributed by atoms with E-state index < -0.39 is 6.17 Å². The minimum atomic E-state index is -0.809. The van der Waals surface area contributed by atoms with Gasteiger partial charge >= 0.3 is 0 Å². The second kappa shape index (κ2) is 6.15. The molecule has 2 heterocycles. The quantitative estimate of drug-likeness (QED) is 0.870. The molecule has 1 amide bonds. The van der Waals surface area contributed by atoms with E-state index >= 15 is 0 Å². The zero-order chi connectivity index (χ0) is 12.4. The van der Waals surface area contributed by atoms with E-state index in [0.717, 1.165) is 0 Å². The molecule has 18 heavy (non-hydrogen) atoms. The van der Waals surface area contributed by atoms with Gasteiger partial charge < -0.3 is 15.2 Å². The molecule has 1 aliphatic rings. The molecule has 1 aromatic rings. The number of nitrogens with zero attached hydrogens (tertiary/aromatic N) is 1. The maximum absolute atomic E-state index is 12.9. The molecule has 2 rings (SSSR count). The minimum absolute atomic E-state index is 0. The highest BCUT2D eigenvalue weighted by molar-refractivity contribution is 5.96. The SMILES string of the molecule is Cc1noc(C)c1C(=O)NC[C@@H]1C[C@H](F)CN1.Cl. The van der Waals surface area contributed by atoms with E-state index in [4.69, 9.17) is 4.52 Å². The number of nitrogens with one attached hydrogen (secondary N) is 2. The molecule has 1 aliphatic heterocycles. The van der Waals surface area contributed by atoms with Crippen molar-refractivity contribution in [1.29, 1.82) is 0 Å². The summed E-state index contributed by atoms with van der Waals surface area (Å²) in [5.41, 5.74) is 1.04. The first-order valence-electron chi connectivity index (χ1n) is 5.66. The van der Waals surface area contributed by atoms with Crippen molar-refractivity contribution in [2.24, 2.45) is 0 Å². The predicted molar refractivity (Wildman–Crippen MR) is 66.9 cm³/mol. The van der Waals surface area contributed by atoms with Gasteiger partial charge in [0.05, 0.1) is 5.69 Å². The average molecular weight is 278 g/mol. The van der Waals surface area contributed by atoms with Crippen LogP contribution < -0.4 is 10.6 Å². The lowest BCUT2D eigenvalue weighted by Gasteiger charge is -2.10. The summed E-state index contributed by atoms with van der Waals surface area (Å²) in [6, 6.07) is 0.00872. The number of carbonyl (C=O) groups is 1. The molecule has 102 valence electrons. The van der Waals surface area contributed by atoms with Crippen LogP contribution in [0.4, 0.5) is 4.39 Å². The lowest BCUT2D eigenvalue weighted by Crippen LogP contribution is -2.37. The first-order chi connectivity index (χ1) is 8.08. The molecular weight excluding hydrogens is 261 g/mol. The average Bonchev–Trinajstić information content (AvgIpc) is 2.83. The highest BCUT2D eigenvalue weighted by Gasteiger charge is 2.24.